The summed E-state index contributed by atoms with van der Waals surface area (Å²) in [5, 5.41) is 2.71. The van der Waals surface area contributed by atoms with Crippen molar-refractivity contribution in [2.45, 2.75) is 71.3 Å². The third-order valence-corrected chi connectivity index (χ3v) is 5.61. The maximum Gasteiger partial charge on any atom is 0.241 e. The van der Waals surface area contributed by atoms with Crippen LogP contribution in [0.5, 0.6) is 0 Å². The Morgan fingerprint density at radius 3 is 2.30 bits per heavy atom. The van der Waals surface area contributed by atoms with E-state index in [1.54, 1.807) is 0 Å². The Morgan fingerprint density at radius 2 is 1.70 bits per heavy atom. The molecule has 0 aromatic heterocycles. The van der Waals surface area contributed by atoms with E-state index in [2.05, 4.69) is 5.32 Å². The van der Waals surface area contributed by atoms with Crippen LogP contribution in [0.1, 0.15) is 65.2 Å². The molecule has 1 spiro atoms. The first-order valence-electron chi connectivity index (χ1n) is 9.25. The Balaban J connectivity index is 1.85. The van der Waals surface area contributed by atoms with E-state index in [9.17, 15) is 9.59 Å². The van der Waals surface area contributed by atoms with Gasteiger partial charge in [0, 0.05) is 13.1 Å². The molecule has 5 nitrogen and oxygen atoms in total. The van der Waals surface area contributed by atoms with Crippen molar-refractivity contribution in [2.75, 3.05) is 19.6 Å². The molecule has 0 unspecified atom stereocenters. The van der Waals surface area contributed by atoms with Crippen molar-refractivity contribution in [1.29, 1.82) is 0 Å². The maximum atomic E-state index is 12.5. The first-order valence-corrected chi connectivity index (χ1v) is 9.25. The fourth-order valence-electron chi connectivity index (χ4n) is 4.00. The van der Waals surface area contributed by atoms with E-state index < -0.39 is 6.04 Å². The molecule has 1 saturated heterocycles. The van der Waals surface area contributed by atoms with Gasteiger partial charge in [0.2, 0.25) is 11.8 Å². The average Bonchev–Trinajstić information content (AvgIpc) is 2.76. The van der Waals surface area contributed by atoms with Crippen LogP contribution in [0.4, 0.5) is 0 Å². The van der Waals surface area contributed by atoms with Crippen molar-refractivity contribution in [3.63, 3.8) is 0 Å². The van der Waals surface area contributed by atoms with Crippen LogP contribution in [0, 0.1) is 11.3 Å². The molecule has 1 saturated carbocycles. The monoisotopic (exact) mass is 323 g/mol. The Morgan fingerprint density at radius 1 is 1.09 bits per heavy atom. The second-order valence-corrected chi connectivity index (χ2v) is 7.82. The SMILES string of the molecule is CC(C)[C@H](N)C(=O)NCC(=O)N1CCCC2(CCCCCC2)C1. The number of carbonyl (C=O) groups excluding carboxylic acids is 2. The van der Waals surface area contributed by atoms with Crippen LogP contribution >= 0.6 is 0 Å². The van der Waals surface area contributed by atoms with Gasteiger partial charge in [-0.1, -0.05) is 39.5 Å². The molecule has 0 aromatic rings. The average molecular weight is 323 g/mol. The largest absolute Gasteiger partial charge is 0.346 e. The number of hydrogen-bond acceptors (Lipinski definition) is 3. The van der Waals surface area contributed by atoms with Gasteiger partial charge < -0.3 is 16.0 Å². The van der Waals surface area contributed by atoms with Crippen molar-refractivity contribution in [2.24, 2.45) is 17.1 Å². The van der Waals surface area contributed by atoms with Crippen molar-refractivity contribution in [3.8, 4) is 0 Å². The third kappa shape index (κ3) is 4.93. The van der Waals surface area contributed by atoms with E-state index in [1.807, 2.05) is 18.7 Å². The molecule has 0 bridgehead atoms. The van der Waals surface area contributed by atoms with Gasteiger partial charge in [0.1, 0.15) is 0 Å². The van der Waals surface area contributed by atoms with Crippen molar-refractivity contribution in [1.82, 2.24) is 10.2 Å². The molecule has 2 fully saturated rings. The quantitative estimate of drug-likeness (QED) is 0.831. The highest BCUT2D eigenvalue weighted by Crippen LogP contribution is 2.42. The summed E-state index contributed by atoms with van der Waals surface area (Å²) in [6.45, 7) is 5.60. The molecule has 1 aliphatic heterocycles. The van der Waals surface area contributed by atoms with Gasteiger partial charge in [-0.3, -0.25) is 9.59 Å². The molecule has 2 rings (SSSR count). The normalized spacial score (nSPS) is 22.7. The molecule has 2 amide bonds. The summed E-state index contributed by atoms with van der Waals surface area (Å²) in [4.78, 5) is 26.4. The Kier molecular flexibility index (Phi) is 6.45. The molecule has 0 radical (unpaired) electrons. The molecule has 23 heavy (non-hydrogen) atoms. The van der Waals surface area contributed by atoms with Gasteiger partial charge in [0.25, 0.3) is 0 Å². The maximum absolute atomic E-state index is 12.5. The molecule has 3 N–H and O–H groups in total. The summed E-state index contributed by atoms with van der Waals surface area (Å²) in [5.74, 6) is -0.110. The second-order valence-electron chi connectivity index (χ2n) is 7.82. The number of carbonyl (C=O) groups is 2. The van der Waals surface area contributed by atoms with Crippen molar-refractivity contribution < 1.29 is 9.59 Å². The number of nitrogens with zero attached hydrogens (tertiary/aromatic N) is 1. The highest BCUT2D eigenvalue weighted by molar-refractivity contribution is 5.87. The fraction of sp³-hybridized carbons (Fsp3) is 0.889. The van der Waals surface area contributed by atoms with Gasteiger partial charge in [0.05, 0.1) is 12.6 Å². The van der Waals surface area contributed by atoms with Gasteiger partial charge in [-0.05, 0) is 37.0 Å². The van der Waals surface area contributed by atoms with Crippen LogP contribution in [0.25, 0.3) is 0 Å². The number of likely N-dealkylation sites (tertiary alicyclic amines) is 1. The zero-order valence-corrected chi connectivity index (χ0v) is 14.8. The summed E-state index contributed by atoms with van der Waals surface area (Å²) >= 11 is 0. The predicted molar refractivity (Wildman–Crippen MR) is 91.8 cm³/mol. The molecule has 1 aliphatic carbocycles. The first kappa shape index (κ1) is 18.2. The smallest absolute Gasteiger partial charge is 0.241 e. The number of rotatable bonds is 4. The Bertz CT molecular complexity index is 414. The zero-order valence-electron chi connectivity index (χ0n) is 14.8. The molecule has 0 aromatic carbocycles. The molecular weight excluding hydrogens is 290 g/mol. The molecule has 2 aliphatic rings. The van der Waals surface area contributed by atoms with Gasteiger partial charge >= 0.3 is 0 Å². The number of nitrogens with two attached hydrogens (primary N) is 1. The molecule has 1 heterocycles. The van der Waals surface area contributed by atoms with Gasteiger partial charge in [0.15, 0.2) is 0 Å². The van der Waals surface area contributed by atoms with E-state index in [1.165, 1.54) is 44.9 Å². The lowest BCUT2D eigenvalue weighted by molar-refractivity contribution is -0.136. The lowest BCUT2D eigenvalue weighted by Gasteiger charge is -2.43. The minimum atomic E-state index is -0.544. The molecule has 1 atom stereocenters. The van der Waals surface area contributed by atoms with E-state index in [0.717, 1.165) is 19.5 Å². The Labute approximate surface area is 140 Å². The lowest BCUT2D eigenvalue weighted by atomic mass is 9.74. The number of amides is 2. The van der Waals surface area contributed by atoms with Crippen LogP contribution in [-0.2, 0) is 9.59 Å². The van der Waals surface area contributed by atoms with Gasteiger partial charge in [-0.2, -0.15) is 0 Å². The summed E-state index contributed by atoms with van der Waals surface area (Å²) in [5.41, 5.74) is 6.15. The summed E-state index contributed by atoms with van der Waals surface area (Å²) < 4.78 is 0. The third-order valence-electron chi connectivity index (χ3n) is 5.61. The van der Waals surface area contributed by atoms with Crippen LogP contribution in [0.2, 0.25) is 0 Å². The molecule has 5 heteroatoms. The van der Waals surface area contributed by atoms with E-state index in [4.69, 9.17) is 5.73 Å². The Hall–Kier alpha value is -1.10. The fourth-order valence-corrected chi connectivity index (χ4v) is 4.00. The van der Waals surface area contributed by atoms with Crippen LogP contribution in [0.3, 0.4) is 0 Å². The second kappa shape index (κ2) is 8.13. The highest BCUT2D eigenvalue weighted by Gasteiger charge is 2.37. The molecule has 132 valence electrons. The van der Waals surface area contributed by atoms with Gasteiger partial charge in [-0.25, -0.2) is 0 Å². The summed E-state index contributed by atoms with van der Waals surface area (Å²) in [6.07, 6.45) is 10.1. The number of piperidine rings is 1. The van der Waals surface area contributed by atoms with Crippen molar-refractivity contribution in [3.05, 3.63) is 0 Å². The number of nitrogens with one attached hydrogen (secondary N) is 1. The van der Waals surface area contributed by atoms with Gasteiger partial charge in [-0.15, -0.1) is 0 Å². The van der Waals surface area contributed by atoms with E-state index >= 15 is 0 Å². The van der Waals surface area contributed by atoms with Crippen molar-refractivity contribution >= 4 is 11.8 Å². The predicted octanol–water partition coefficient (Wildman–Crippen LogP) is 2.05. The minimum absolute atomic E-state index is 0.0395. The molecular formula is C18H33N3O2. The standard InChI is InChI=1S/C18H33N3O2/c1-14(2)16(19)17(23)20-12-15(22)21-11-7-10-18(13-21)8-5-3-4-6-9-18/h14,16H,3-13,19H2,1-2H3,(H,20,23)/t16-/m0/s1. The van der Waals surface area contributed by atoms with Crippen LogP contribution in [-0.4, -0.2) is 42.4 Å². The van der Waals surface area contributed by atoms with Crippen LogP contribution in [0.15, 0.2) is 0 Å². The summed E-state index contributed by atoms with van der Waals surface area (Å²) in [6, 6.07) is -0.544. The summed E-state index contributed by atoms with van der Waals surface area (Å²) in [7, 11) is 0. The van der Waals surface area contributed by atoms with E-state index in [-0.39, 0.29) is 24.3 Å². The lowest BCUT2D eigenvalue weighted by Crippen LogP contribution is -2.51. The van der Waals surface area contributed by atoms with E-state index in [0.29, 0.717) is 5.41 Å². The minimum Gasteiger partial charge on any atom is -0.346 e. The number of hydrogen-bond donors (Lipinski definition) is 2. The van der Waals surface area contributed by atoms with Crippen LogP contribution < -0.4 is 11.1 Å². The first-order chi connectivity index (χ1) is 10.9. The topological polar surface area (TPSA) is 75.4 Å². The zero-order chi connectivity index (χ0) is 16.9. The highest BCUT2D eigenvalue weighted by atomic mass is 16.2.